The summed E-state index contributed by atoms with van der Waals surface area (Å²) in [5, 5.41) is 3.19. The van der Waals surface area contributed by atoms with E-state index in [0.717, 1.165) is 21.3 Å². The number of nitrogens with one attached hydrogen (secondary N) is 1. The highest BCUT2D eigenvalue weighted by Gasteiger charge is 2.17. The van der Waals surface area contributed by atoms with Crippen molar-refractivity contribution in [2.45, 2.75) is 19.4 Å². The van der Waals surface area contributed by atoms with E-state index in [-0.39, 0.29) is 11.9 Å². The molecule has 2 rings (SSSR count). The van der Waals surface area contributed by atoms with Gasteiger partial charge < -0.3 is 10.1 Å². The van der Waals surface area contributed by atoms with Crippen LogP contribution in [0.15, 0.2) is 40.9 Å². The third-order valence-corrected chi connectivity index (χ3v) is 4.04. The average Bonchev–Trinajstić information content (AvgIpc) is 2.47. The molecule has 2 aromatic carbocycles. The predicted molar refractivity (Wildman–Crippen MR) is 87.3 cm³/mol. The topological polar surface area (TPSA) is 21.3 Å². The Morgan fingerprint density at radius 2 is 2.00 bits per heavy atom. The maximum Gasteiger partial charge on any atom is 0.128 e. The summed E-state index contributed by atoms with van der Waals surface area (Å²) < 4.78 is 20.4. The van der Waals surface area contributed by atoms with Crippen LogP contribution in [0.4, 0.5) is 4.39 Å². The van der Waals surface area contributed by atoms with Crippen LogP contribution in [-0.4, -0.2) is 14.2 Å². The van der Waals surface area contributed by atoms with Crippen LogP contribution < -0.4 is 10.1 Å². The number of hydrogen-bond donors (Lipinski definition) is 1. The van der Waals surface area contributed by atoms with E-state index < -0.39 is 0 Å². The number of rotatable bonds is 5. The number of aryl methyl sites for hydroxylation is 1. The summed E-state index contributed by atoms with van der Waals surface area (Å²) in [4.78, 5) is 0. The van der Waals surface area contributed by atoms with Crippen molar-refractivity contribution in [2.75, 3.05) is 14.2 Å². The number of methoxy groups -OCH3 is 1. The molecule has 1 unspecified atom stereocenters. The van der Waals surface area contributed by atoms with Crippen LogP contribution >= 0.6 is 15.9 Å². The van der Waals surface area contributed by atoms with E-state index in [2.05, 4.69) is 27.3 Å². The molecule has 0 aliphatic rings. The minimum Gasteiger partial charge on any atom is -0.496 e. The van der Waals surface area contributed by atoms with Crippen molar-refractivity contribution in [3.63, 3.8) is 0 Å². The number of benzene rings is 2. The SMILES string of the molecule is CNC(Cc1cc(C)ccc1OC)c1cc(Br)ccc1F. The summed E-state index contributed by atoms with van der Waals surface area (Å²) in [5.74, 6) is 0.625. The second-order valence-corrected chi connectivity index (χ2v) is 5.94. The molecule has 0 heterocycles. The molecule has 1 N–H and O–H groups in total. The highest BCUT2D eigenvalue weighted by atomic mass is 79.9. The largest absolute Gasteiger partial charge is 0.496 e. The van der Waals surface area contributed by atoms with Crippen LogP contribution in [0.3, 0.4) is 0 Å². The van der Waals surface area contributed by atoms with Crippen LogP contribution in [0.25, 0.3) is 0 Å². The number of halogens is 2. The molecule has 0 fully saturated rings. The maximum atomic E-state index is 14.1. The first-order valence-corrected chi connectivity index (χ1v) is 7.60. The molecule has 112 valence electrons. The van der Waals surface area contributed by atoms with Gasteiger partial charge in [0.2, 0.25) is 0 Å². The Balaban J connectivity index is 2.35. The Morgan fingerprint density at radius 1 is 1.24 bits per heavy atom. The molecule has 0 saturated heterocycles. The molecule has 0 bridgehead atoms. The second kappa shape index (κ2) is 7.05. The van der Waals surface area contributed by atoms with Gasteiger partial charge in [0, 0.05) is 16.1 Å². The normalized spacial score (nSPS) is 12.2. The van der Waals surface area contributed by atoms with Gasteiger partial charge in [-0.1, -0.05) is 33.6 Å². The van der Waals surface area contributed by atoms with Crippen LogP contribution in [0.5, 0.6) is 5.75 Å². The Bertz CT molecular complexity index is 630. The molecular weight excluding hydrogens is 333 g/mol. The number of ether oxygens (including phenoxy) is 1. The first-order valence-electron chi connectivity index (χ1n) is 6.81. The smallest absolute Gasteiger partial charge is 0.128 e. The minimum atomic E-state index is -0.204. The lowest BCUT2D eigenvalue weighted by Gasteiger charge is -2.19. The molecule has 0 spiro atoms. The molecule has 1 atom stereocenters. The van der Waals surface area contributed by atoms with E-state index >= 15 is 0 Å². The van der Waals surface area contributed by atoms with Gasteiger partial charge in [-0.05, 0) is 50.2 Å². The molecule has 0 aliphatic carbocycles. The van der Waals surface area contributed by atoms with Gasteiger partial charge in [0.1, 0.15) is 11.6 Å². The number of hydrogen-bond acceptors (Lipinski definition) is 2. The first-order chi connectivity index (χ1) is 10.0. The van der Waals surface area contributed by atoms with Crippen LogP contribution in [0.2, 0.25) is 0 Å². The predicted octanol–water partition coefficient (Wildman–Crippen LogP) is 4.41. The molecule has 0 saturated carbocycles. The summed E-state index contributed by atoms with van der Waals surface area (Å²) >= 11 is 3.40. The molecule has 0 aliphatic heterocycles. The van der Waals surface area contributed by atoms with Gasteiger partial charge in [-0.15, -0.1) is 0 Å². The fourth-order valence-electron chi connectivity index (χ4n) is 2.44. The van der Waals surface area contributed by atoms with E-state index in [9.17, 15) is 4.39 Å². The summed E-state index contributed by atoms with van der Waals surface area (Å²) in [6, 6.07) is 10.9. The monoisotopic (exact) mass is 351 g/mol. The standard InChI is InChI=1S/C17H19BrFNO/c1-11-4-7-17(21-3)12(8-11)9-16(20-2)14-10-13(18)5-6-15(14)19/h4-8,10,16,20H,9H2,1-3H3. The van der Waals surface area contributed by atoms with Gasteiger partial charge in [-0.2, -0.15) is 0 Å². The zero-order valence-electron chi connectivity index (χ0n) is 12.4. The molecule has 0 amide bonds. The third-order valence-electron chi connectivity index (χ3n) is 3.54. The van der Waals surface area contributed by atoms with Crippen LogP contribution in [0.1, 0.15) is 22.7 Å². The maximum absolute atomic E-state index is 14.1. The summed E-state index contributed by atoms with van der Waals surface area (Å²) in [5.41, 5.74) is 2.88. The van der Waals surface area contributed by atoms with E-state index in [1.54, 1.807) is 13.2 Å². The first kappa shape index (κ1) is 16.0. The highest BCUT2D eigenvalue weighted by molar-refractivity contribution is 9.10. The fourth-order valence-corrected chi connectivity index (χ4v) is 2.81. The minimum absolute atomic E-state index is 0.113. The quantitative estimate of drug-likeness (QED) is 0.861. The Labute approximate surface area is 133 Å². The molecular formula is C17H19BrFNO. The lowest BCUT2D eigenvalue weighted by atomic mass is 9.97. The molecule has 0 radical (unpaired) electrons. The van der Waals surface area contributed by atoms with E-state index in [1.807, 2.05) is 32.2 Å². The Hall–Kier alpha value is -1.39. The van der Waals surface area contributed by atoms with Crippen LogP contribution in [-0.2, 0) is 6.42 Å². The van der Waals surface area contributed by atoms with E-state index in [1.165, 1.54) is 6.07 Å². The summed E-state index contributed by atoms with van der Waals surface area (Å²) in [6.07, 6.45) is 0.661. The van der Waals surface area contributed by atoms with E-state index in [4.69, 9.17) is 4.74 Å². The lowest BCUT2D eigenvalue weighted by Crippen LogP contribution is -2.20. The van der Waals surface area contributed by atoms with Crippen molar-refractivity contribution in [2.24, 2.45) is 0 Å². The zero-order chi connectivity index (χ0) is 15.4. The van der Waals surface area contributed by atoms with Gasteiger partial charge >= 0.3 is 0 Å². The molecule has 2 aromatic rings. The molecule has 21 heavy (non-hydrogen) atoms. The zero-order valence-corrected chi connectivity index (χ0v) is 14.0. The Kier molecular flexibility index (Phi) is 5.37. The van der Waals surface area contributed by atoms with Gasteiger partial charge in [0.25, 0.3) is 0 Å². The Morgan fingerprint density at radius 3 is 2.67 bits per heavy atom. The van der Waals surface area contributed by atoms with Gasteiger partial charge in [0.05, 0.1) is 7.11 Å². The summed E-state index contributed by atoms with van der Waals surface area (Å²) in [7, 11) is 3.50. The average molecular weight is 352 g/mol. The van der Waals surface area contributed by atoms with Gasteiger partial charge in [0.15, 0.2) is 0 Å². The van der Waals surface area contributed by atoms with Crippen molar-refractivity contribution in [3.05, 3.63) is 63.4 Å². The number of likely N-dealkylation sites (N-methyl/N-ethyl adjacent to an activating group) is 1. The summed E-state index contributed by atoms with van der Waals surface area (Å²) in [6.45, 7) is 2.04. The second-order valence-electron chi connectivity index (χ2n) is 5.03. The molecule has 0 aromatic heterocycles. The van der Waals surface area contributed by atoms with Crippen molar-refractivity contribution < 1.29 is 9.13 Å². The lowest BCUT2D eigenvalue weighted by molar-refractivity contribution is 0.405. The highest BCUT2D eigenvalue weighted by Crippen LogP contribution is 2.28. The van der Waals surface area contributed by atoms with Crippen molar-refractivity contribution >= 4 is 15.9 Å². The molecule has 2 nitrogen and oxygen atoms in total. The van der Waals surface area contributed by atoms with E-state index in [0.29, 0.717) is 12.0 Å². The van der Waals surface area contributed by atoms with Gasteiger partial charge in [-0.3, -0.25) is 0 Å². The molecule has 4 heteroatoms. The van der Waals surface area contributed by atoms with Crippen LogP contribution in [0, 0.1) is 12.7 Å². The van der Waals surface area contributed by atoms with Crippen molar-refractivity contribution in [1.82, 2.24) is 5.32 Å². The van der Waals surface area contributed by atoms with Gasteiger partial charge in [-0.25, -0.2) is 4.39 Å². The third kappa shape index (κ3) is 3.83. The fraction of sp³-hybridized carbons (Fsp3) is 0.294. The van der Waals surface area contributed by atoms with Crippen molar-refractivity contribution in [1.29, 1.82) is 0 Å². The van der Waals surface area contributed by atoms with Crippen molar-refractivity contribution in [3.8, 4) is 5.75 Å².